The molecule has 1 saturated heterocycles. The van der Waals surface area contributed by atoms with Crippen LogP contribution in [0, 0.1) is 5.92 Å². The first-order chi connectivity index (χ1) is 9.29. The van der Waals surface area contributed by atoms with E-state index < -0.39 is 0 Å². The molecule has 20 heavy (non-hydrogen) atoms. The van der Waals surface area contributed by atoms with Gasteiger partial charge in [0.2, 0.25) is 5.91 Å². The number of amides is 1. The Morgan fingerprint density at radius 1 is 1.40 bits per heavy atom. The first-order valence-electron chi connectivity index (χ1n) is 7.12. The van der Waals surface area contributed by atoms with E-state index in [1.807, 2.05) is 4.90 Å². The third kappa shape index (κ3) is 5.09. The van der Waals surface area contributed by atoms with Crippen molar-refractivity contribution in [2.24, 2.45) is 5.92 Å². The molecular weight excluding hydrogens is 278 g/mol. The minimum absolute atomic E-state index is 0. The molecule has 114 valence electrons. The van der Waals surface area contributed by atoms with E-state index in [0.29, 0.717) is 13.0 Å². The summed E-state index contributed by atoms with van der Waals surface area (Å²) < 4.78 is 1.70. The maximum Gasteiger partial charge on any atom is 0.224 e. The summed E-state index contributed by atoms with van der Waals surface area (Å²) in [6, 6.07) is 0. The number of aryl methyl sites for hydroxylation is 1. The van der Waals surface area contributed by atoms with Gasteiger partial charge in [-0.3, -0.25) is 9.48 Å². The van der Waals surface area contributed by atoms with Gasteiger partial charge in [-0.25, -0.2) is 0 Å². The highest BCUT2D eigenvalue weighted by molar-refractivity contribution is 5.85. The molecule has 0 atom stereocenters. The van der Waals surface area contributed by atoms with E-state index in [-0.39, 0.29) is 18.3 Å². The monoisotopic (exact) mass is 301 g/mol. The number of nitrogens with one attached hydrogen (secondary N) is 1. The number of hydrogen-bond donors (Lipinski definition) is 1. The molecule has 1 aliphatic heterocycles. The van der Waals surface area contributed by atoms with E-state index in [0.717, 1.165) is 44.9 Å². The topological polar surface area (TPSA) is 63.1 Å². The van der Waals surface area contributed by atoms with Gasteiger partial charge in [0.1, 0.15) is 0 Å². The van der Waals surface area contributed by atoms with Crippen LogP contribution in [0.5, 0.6) is 0 Å². The lowest BCUT2D eigenvalue weighted by atomic mass is 9.96. The summed E-state index contributed by atoms with van der Waals surface area (Å²) in [5.74, 6) is 0.955. The van der Waals surface area contributed by atoms with Gasteiger partial charge in [-0.15, -0.1) is 17.5 Å². The molecule has 1 aromatic rings. The highest BCUT2D eigenvalue weighted by Crippen LogP contribution is 2.17. The quantitative estimate of drug-likeness (QED) is 0.849. The zero-order valence-electron chi connectivity index (χ0n) is 12.0. The van der Waals surface area contributed by atoms with Crippen molar-refractivity contribution in [2.45, 2.75) is 32.7 Å². The maximum atomic E-state index is 12.1. The van der Waals surface area contributed by atoms with Crippen molar-refractivity contribution < 1.29 is 4.79 Å². The second kappa shape index (κ2) is 8.92. The minimum atomic E-state index is 0. The molecule has 0 saturated carbocycles. The predicted octanol–water partition coefficient (Wildman–Crippen LogP) is 0.938. The Morgan fingerprint density at radius 3 is 2.75 bits per heavy atom. The standard InChI is InChI=1S/C13H23N5O.ClH/c1-2-14-11-12-3-7-17(8-4-12)13(19)5-9-18-10-6-15-16-18;/h6,10,12,14H,2-5,7-9,11H2,1H3;1H. The number of rotatable bonds is 6. The predicted molar refractivity (Wildman–Crippen MR) is 79.7 cm³/mol. The van der Waals surface area contributed by atoms with Gasteiger partial charge in [0.25, 0.3) is 0 Å². The molecule has 0 bridgehead atoms. The molecule has 1 aliphatic rings. The van der Waals surface area contributed by atoms with Crippen molar-refractivity contribution in [3.8, 4) is 0 Å². The molecule has 0 aromatic carbocycles. The Balaban J connectivity index is 0.00000200. The second-order valence-corrected chi connectivity index (χ2v) is 5.05. The Bertz CT molecular complexity index is 376. The maximum absolute atomic E-state index is 12.1. The molecule has 0 unspecified atom stereocenters. The van der Waals surface area contributed by atoms with Crippen LogP contribution in [-0.4, -0.2) is 52.0 Å². The largest absolute Gasteiger partial charge is 0.343 e. The van der Waals surface area contributed by atoms with E-state index in [2.05, 4.69) is 22.6 Å². The average Bonchev–Trinajstić information content (AvgIpc) is 2.96. The van der Waals surface area contributed by atoms with Crippen LogP contribution in [0.2, 0.25) is 0 Å². The van der Waals surface area contributed by atoms with Gasteiger partial charge >= 0.3 is 0 Å². The molecule has 6 nitrogen and oxygen atoms in total. The van der Waals surface area contributed by atoms with Crippen molar-refractivity contribution in [3.63, 3.8) is 0 Å². The lowest BCUT2D eigenvalue weighted by molar-refractivity contribution is -0.132. The van der Waals surface area contributed by atoms with E-state index in [4.69, 9.17) is 0 Å². The summed E-state index contributed by atoms with van der Waals surface area (Å²) in [5.41, 5.74) is 0. The van der Waals surface area contributed by atoms with Crippen molar-refractivity contribution in [2.75, 3.05) is 26.2 Å². The van der Waals surface area contributed by atoms with Crippen LogP contribution in [0.3, 0.4) is 0 Å². The SMILES string of the molecule is CCNCC1CCN(C(=O)CCn2ccnn2)CC1.Cl. The molecule has 0 radical (unpaired) electrons. The van der Waals surface area contributed by atoms with Crippen LogP contribution in [0.15, 0.2) is 12.4 Å². The highest BCUT2D eigenvalue weighted by Gasteiger charge is 2.22. The van der Waals surface area contributed by atoms with Gasteiger partial charge in [-0.2, -0.15) is 0 Å². The van der Waals surface area contributed by atoms with Gasteiger partial charge in [-0.05, 0) is 31.8 Å². The van der Waals surface area contributed by atoms with Crippen LogP contribution >= 0.6 is 12.4 Å². The normalized spacial score (nSPS) is 15.9. The van der Waals surface area contributed by atoms with E-state index >= 15 is 0 Å². The number of nitrogens with zero attached hydrogens (tertiary/aromatic N) is 4. The lowest BCUT2D eigenvalue weighted by Gasteiger charge is -2.32. The first kappa shape index (κ1) is 16.9. The third-order valence-corrected chi connectivity index (χ3v) is 3.68. The summed E-state index contributed by atoms with van der Waals surface area (Å²) in [6.07, 6.45) is 6.16. The summed E-state index contributed by atoms with van der Waals surface area (Å²) in [4.78, 5) is 14.0. The van der Waals surface area contributed by atoms with Crippen molar-refractivity contribution in [1.82, 2.24) is 25.2 Å². The van der Waals surface area contributed by atoms with Crippen LogP contribution in [0.4, 0.5) is 0 Å². The van der Waals surface area contributed by atoms with Crippen molar-refractivity contribution >= 4 is 18.3 Å². The van der Waals surface area contributed by atoms with Crippen molar-refractivity contribution in [1.29, 1.82) is 0 Å². The van der Waals surface area contributed by atoms with Gasteiger partial charge < -0.3 is 10.2 Å². The number of halogens is 1. The van der Waals surface area contributed by atoms with Gasteiger partial charge in [0, 0.05) is 25.7 Å². The number of likely N-dealkylation sites (tertiary alicyclic amines) is 1. The molecule has 2 heterocycles. The molecule has 7 heteroatoms. The molecule has 1 N–H and O–H groups in total. The Kier molecular flexibility index (Phi) is 7.54. The number of piperidine rings is 1. The van der Waals surface area contributed by atoms with Gasteiger partial charge in [0.05, 0.1) is 12.7 Å². The number of aromatic nitrogens is 3. The zero-order chi connectivity index (χ0) is 13.5. The van der Waals surface area contributed by atoms with Crippen molar-refractivity contribution in [3.05, 3.63) is 12.4 Å². The fourth-order valence-corrected chi connectivity index (χ4v) is 2.46. The molecule has 1 fully saturated rings. The first-order valence-corrected chi connectivity index (χ1v) is 7.12. The number of hydrogen-bond acceptors (Lipinski definition) is 4. The summed E-state index contributed by atoms with van der Waals surface area (Å²) in [7, 11) is 0. The summed E-state index contributed by atoms with van der Waals surface area (Å²) in [5, 5.41) is 11.0. The Hall–Kier alpha value is -1.14. The lowest BCUT2D eigenvalue weighted by Crippen LogP contribution is -2.41. The van der Waals surface area contributed by atoms with E-state index in [9.17, 15) is 4.79 Å². The van der Waals surface area contributed by atoms with E-state index in [1.165, 1.54) is 0 Å². The fraction of sp³-hybridized carbons (Fsp3) is 0.769. The third-order valence-electron chi connectivity index (χ3n) is 3.68. The second-order valence-electron chi connectivity index (χ2n) is 5.05. The summed E-state index contributed by atoms with van der Waals surface area (Å²) in [6.45, 7) is 6.64. The number of carbonyl (C=O) groups excluding carboxylic acids is 1. The van der Waals surface area contributed by atoms with Crippen LogP contribution in [-0.2, 0) is 11.3 Å². The number of carbonyl (C=O) groups is 1. The average molecular weight is 302 g/mol. The van der Waals surface area contributed by atoms with Crippen LogP contribution < -0.4 is 5.32 Å². The smallest absolute Gasteiger partial charge is 0.224 e. The summed E-state index contributed by atoms with van der Waals surface area (Å²) >= 11 is 0. The van der Waals surface area contributed by atoms with Crippen LogP contribution in [0.25, 0.3) is 0 Å². The van der Waals surface area contributed by atoms with Gasteiger partial charge in [0.15, 0.2) is 0 Å². The molecule has 0 aliphatic carbocycles. The Labute approximate surface area is 126 Å². The van der Waals surface area contributed by atoms with E-state index in [1.54, 1.807) is 17.1 Å². The molecule has 1 amide bonds. The zero-order valence-corrected chi connectivity index (χ0v) is 12.8. The van der Waals surface area contributed by atoms with Crippen LogP contribution in [0.1, 0.15) is 26.2 Å². The molecule has 0 spiro atoms. The molecule has 1 aromatic heterocycles. The molecule has 2 rings (SSSR count). The molecular formula is C13H24ClN5O. The fourth-order valence-electron chi connectivity index (χ4n) is 2.46. The minimum Gasteiger partial charge on any atom is -0.343 e. The Morgan fingerprint density at radius 2 is 2.15 bits per heavy atom. The highest BCUT2D eigenvalue weighted by atomic mass is 35.5. The van der Waals surface area contributed by atoms with Gasteiger partial charge in [-0.1, -0.05) is 12.1 Å².